The van der Waals surface area contributed by atoms with E-state index >= 15 is 4.39 Å². The molecule has 6 nitrogen and oxygen atoms in total. The molecular formula is C18H15FN4O2. The normalized spacial score (nSPS) is 20.0. The summed E-state index contributed by atoms with van der Waals surface area (Å²) < 4.78 is 20.5. The molecule has 1 amide bonds. The summed E-state index contributed by atoms with van der Waals surface area (Å²) in [5.74, 6) is 0.0210. The third-order valence-corrected chi connectivity index (χ3v) is 4.28. The molecule has 1 fully saturated rings. The van der Waals surface area contributed by atoms with Gasteiger partial charge in [0.1, 0.15) is 0 Å². The van der Waals surface area contributed by atoms with Gasteiger partial charge in [-0.1, -0.05) is 35.5 Å². The molecule has 1 aromatic carbocycles. The molecule has 0 radical (unpaired) electrons. The number of hydrogen-bond acceptors (Lipinski definition) is 5. The number of likely N-dealkylation sites (tertiary alicyclic amines) is 1. The molecule has 1 unspecified atom stereocenters. The van der Waals surface area contributed by atoms with Gasteiger partial charge in [0.05, 0.1) is 6.54 Å². The highest BCUT2D eigenvalue weighted by Crippen LogP contribution is 2.36. The molecule has 0 bridgehead atoms. The van der Waals surface area contributed by atoms with Crippen molar-refractivity contribution in [2.45, 2.75) is 12.1 Å². The predicted molar refractivity (Wildman–Crippen MR) is 87.3 cm³/mol. The Balaban J connectivity index is 1.54. The van der Waals surface area contributed by atoms with E-state index in [4.69, 9.17) is 4.52 Å². The van der Waals surface area contributed by atoms with Crippen molar-refractivity contribution >= 4 is 5.91 Å². The summed E-state index contributed by atoms with van der Waals surface area (Å²) in [5.41, 5.74) is -0.596. The highest BCUT2D eigenvalue weighted by Gasteiger charge is 2.46. The van der Waals surface area contributed by atoms with Gasteiger partial charge in [-0.2, -0.15) is 4.98 Å². The molecule has 3 aromatic rings. The lowest BCUT2D eigenvalue weighted by atomic mass is 10.1. The number of benzene rings is 1. The van der Waals surface area contributed by atoms with Crippen LogP contribution in [0.4, 0.5) is 4.39 Å². The maximum absolute atomic E-state index is 15.3. The van der Waals surface area contributed by atoms with Crippen molar-refractivity contribution in [3.63, 3.8) is 0 Å². The Morgan fingerprint density at radius 2 is 1.92 bits per heavy atom. The second kappa shape index (κ2) is 6.08. The molecule has 1 atom stereocenters. The number of carbonyl (C=O) groups excluding carboxylic acids is 1. The number of pyridine rings is 1. The Kier molecular flexibility index (Phi) is 3.76. The lowest BCUT2D eigenvalue weighted by molar-refractivity contribution is 0.0716. The molecule has 1 saturated heterocycles. The van der Waals surface area contributed by atoms with Crippen molar-refractivity contribution in [1.29, 1.82) is 0 Å². The zero-order valence-electron chi connectivity index (χ0n) is 13.3. The minimum absolute atomic E-state index is 0.0867. The fraction of sp³-hybridized carbons (Fsp3) is 0.222. The summed E-state index contributed by atoms with van der Waals surface area (Å²) in [7, 11) is 0. The van der Waals surface area contributed by atoms with Crippen LogP contribution >= 0.6 is 0 Å². The largest absolute Gasteiger partial charge is 0.335 e. The number of rotatable bonds is 3. The molecule has 1 aliphatic heterocycles. The van der Waals surface area contributed by atoms with Crippen LogP contribution in [-0.2, 0) is 5.67 Å². The van der Waals surface area contributed by atoms with Crippen LogP contribution in [-0.4, -0.2) is 39.0 Å². The molecule has 4 rings (SSSR count). The van der Waals surface area contributed by atoms with Crippen LogP contribution in [0.1, 0.15) is 22.7 Å². The van der Waals surface area contributed by atoms with Crippen LogP contribution in [0.2, 0.25) is 0 Å². The quantitative estimate of drug-likeness (QED) is 0.734. The summed E-state index contributed by atoms with van der Waals surface area (Å²) in [4.78, 5) is 22.0. The van der Waals surface area contributed by atoms with E-state index in [1.807, 2.05) is 30.3 Å². The molecule has 126 valence electrons. The Morgan fingerprint density at radius 3 is 2.68 bits per heavy atom. The number of hydrogen-bond donors (Lipinski definition) is 0. The van der Waals surface area contributed by atoms with E-state index < -0.39 is 5.67 Å². The van der Waals surface area contributed by atoms with Crippen LogP contribution in [0.25, 0.3) is 11.4 Å². The Morgan fingerprint density at radius 1 is 1.16 bits per heavy atom. The van der Waals surface area contributed by atoms with Gasteiger partial charge in [-0.05, 0) is 12.1 Å². The van der Waals surface area contributed by atoms with Crippen molar-refractivity contribution in [3.05, 3.63) is 66.3 Å². The topological polar surface area (TPSA) is 72.1 Å². The van der Waals surface area contributed by atoms with Crippen molar-refractivity contribution in [2.75, 3.05) is 13.1 Å². The summed E-state index contributed by atoms with van der Waals surface area (Å²) in [6.07, 6.45) is 3.20. The monoisotopic (exact) mass is 338 g/mol. The minimum atomic E-state index is -1.83. The van der Waals surface area contributed by atoms with Crippen LogP contribution in [0.5, 0.6) is 0 Å². The molecule has 3 heterocycles. The van der Waals surface area contributed by atoms with Crippen LogP contribution in [0, 0.1) is 0 Å². The Hall–Kier alpha value is -3.09. The third-order valence-electron chi connectivity index (χ3n) is 4.28. The summed E-state index contributed by atoms with van der Waals surface area (Å²) in [6, 6.07) is 12.5. The first-order valence-corrected chi connectivity index (χ1v) is 7.93. The van der Waals surface area contributed by atoms with Crippen molar-refractivity contribution in [1.82, 2.24) is 20.0 Å². The number of carbonyl (C=O) groups is 1. The molecule has 0 spiro atoms. The van der Waals surface area contributed by atoms with Gasteiger partial charge in [0.15, 0.2) is 0 Å². The van der Waals surface area contributed by atoms with E-state index in [1.165, 1.54) is 17.3 Å². The SMILES string of the molecule is O=C(c1ccncc1)N1CCC(F)(c2nc(-c3ccccc3)no2)C1. The maximum atomic E-state index is 15.3. The van der Waals surface area contributed by atoms with Crippen molar-refractivity contribution in [3.8, 4) is 11.4 Å². The van der Waals surface area contributed by atoms with Gasteiger partial charge in [0.2, 0.25) is 11.5 Å². The van der Waals surface area contributed by atoms with Gasteiger partial charge >= 0.3 is 0 Å². The Labute approximate surface area is 143 Å². The summed E-state index contributed by atoms with van der Waals surface area (Å²) >= 11 is 0. The number of amides is 1. The summed E-state index contributed by atoms with van der Waals surface area (Å²) in [6.45, 7) is 0.186. The third kappa shape index (κ3) is 2.88. The number of alkyl halides is 1. The molecule has 0 N–H and O–H groups in total. The molecule has 7 heteroatoms. The van der Waals surface area contributed by atoms with E-state index in [2.05, 4.69) is 15.1 Å². The summed E-state index contributed by atoms with van der Waals surface area (Å²) in [5, 5.41) is 3.87. The standard InChI is InChI=1S/C18H15FN4O2/c19-18(17-21-15(22-25-17)13-4-2-1-3-5-13)8-11-23(12-18)16(24)14-6-9-20-10-7-14/h1-7,9-10H,8,11-12H2. The predicted octanol–water partition coefficient (Wildman–Crippen LogP) is 2.84. The molecule has 0 saturated carbocycles. The van der Waals surface area contributed by atoms with Gasteiger partial charge < -0.3 is 9.42 Å². The first-order chi connectivity index (χ1) is 12.2. The van der Waals surface area contributed by atoms with E-state index in [1.54, 1.807) is 12.1 Å². The van der Waals surface area contributed by atoms with E-state index in [9.17, 15) is 4.79 Å². The highest BCUT2D eigenvalue weighted by molar-refractivity contribution is 5.94. The highest BCUT2D eigenvalue weighted by atomic mass is 19.1. The van der Waals surface area contributed by atoms with Gasteiger partial charge in [0.25, 0.3) is 11.8 Å². The van der Waals surface area contributed by atoms with Crippen LogP contribution in [0.3, 0.4) is 0 Å². The maximum Gasteiger partial charge on any atom is 0.266 e. The number of nitrogens with zero attached hydrogens (tertiary/aromatic N) is 4. The van der Waals surface area contributed by atoms with Gasteiger partial charge in [-0.25, -0.2) is 4.39 Å². The van der Waals surface area contributed by atoms with Crippen molar-refractivity contribution < 1.29 is 13.7 Å². The molecule has 2 aromatic heterocycles. The van der Waals surface area contributed by atoms with Crippen LogP contribution in [0.15, 0.2) is 59.4 Å². The molecule has 1 aliphatic rings. The lowest BCUT2D eigenvalue weighted by Crippen LogP contribution is -2.32. The minimum Gasteiger partial charge on any atom is -0.335 e. The number of aromatic nitrogens is 3. The second-order valence-corrected chi connectivity index (χ2v) is 5.97. The van der Waals surface area contributed by atoms with Gasteiger partial charge in [0, 0.05) is 36.5 Å². The molecule has 25 heavy (non-hydrogen) atoms. The fourth-order valence-corrected chi connectivity index (χ4v) is 2.91. The van der Waals surface area contributed by atoms with Gasteiger partial charge in [-0.15, -0.1) is 0 Å². The average Bonchev–Trinajstić information content (AvgIpc) is 3.31. The molecule has 0 aliphatic carbocycles. The zero-order valence-corrected chi connectivity index (χ0v) is 13.3. The van der Waals surface area contributed by atoms with Crippen LogP contribution < -0.4 is 0 Å². The Bertz CT molecular complexity index is 884. The molecular weight excluding hydrogens is 323 g/mol. The second-order valence-electron chi connectivity index (χ2n) is 5.97. The average molecular weight is 338 g/mol. The van der Waals surface area contributed by atoms with Gasteiger partial charge in [-0.3, -0.25) is 9.78 Å². The first-order valence-electron chi connectivity index (χ1n) is 7.93. The van der Waals surface area contributed by atoms with E-state index in [0.29, 0.717) is 17.9 Å². The fourth-order valence-electron chi connectivity index (χ4n) is 2.91. The zero-order chi connectivity index (χ0) is 17.3. The van der Waals surface area contributed by atoms with Crippen molar-refractivity contribution in [2.24, 2.45) is 0 Å². The lowest BCUT2D eigenvalue weighted by Gasteiger charge is -2.18. The van der Waals surface area contributed by atoms with E-state index in [0.717, 1.165) is 5.56 Å². The number of halogens is 1. The van der Waals surface area contributed by atoms with E-state index in [-0.39, 0.29) is 24.8 Å². The smallest absolute Gasteiger partial charge is 0.266 e. The first kappa shape index (κ1) is 15.4.